The van der Waals surface area contributed by atoms with Gasteiger partial charge in [0.2, 0.25) is 0 Å². The summed E-state index contributed by atoms with van der Waals surface area (Å²) in [7, 11) is 3.10. The number of nitrogens with zero attached hydrogens (tertiary/aromatic N) is 1. The first-order valence-corrected chi connectivity index (χ1v) is 8.19. The first kappa shape index (κ1) is 19.3. The molecular formula is C20H24N2O4. The van der Waals surface area contributed by atoms with Crippen LogP contribution in [-0.4, -0.2) is 30.2 Å². The van der Waals surface area contributed by atoms with Gasteiger partial charge in [-0.15, -0.1) is 0 Å². The van der Waals surface area contributed by atoms with E-state index in [1.807, 2.05) is 20.8 Å². The zero-order chi connectivity index (χ0) is 19.3. The molecule has 0 atom stereocenters. The number of rotatable bonds is 5. The molecule has 0 saturated carbocycles. The van der Waals surface area contributed by atoms with Crippen LogP contribution < -0.4 is 20.3 Å². The maximum atomic E-state index is 12.8. The summed E-state index contributed by atoms with van der Waals surface area (Å²) in [6.45, 7) is 5.64. The predicted molar refractivity (Wildman–Crippen MR) is 102 cm³/mol. The van der Waals surface area contributed by atoms with Gasteiger partial charge in [0.1, 0.15) is 5.70 Å². The molecule has 0 aliphatic rings. The van der Waals surface area contributed by atoms with Gasteiger partial charge in [-0.25, -0.2) is 0 Å². The van der Waals surface area contributed by atoms with Crippen LogP contribution in [0.25, 0.3) is 11.8 Å². The van der Waals surface area contributed by atoms with E-state index in [2.05, 4.69) is 5.32 Å². The standard InChI is InChI=1S/C20H24N2O4/c1-20(2,3)21-19(24)15(22-11-7-6-8-18(22)23)12-14-9-10-16(25-4)17(13-14)26-5/h6-13H,1-5H3,(H,21,24)/b15-12+. The van der Waals surface area contributed by atoms with Crippen molar-refractivity contribution in [3.05, 3.63) is 58.5 Å². The van der Waals surface area contributed by atoms with Gasteiger partial charge < -0.3 is 14.8 Å². The maximum Gasteiger partial charge on any atom is 0.268 e. The molecule has 0 unspecified atom stereocenters. The highest BCUT2D eigenvalue weighted by molar-refractivity contribution is 6.18. The second-order valence-corrected chi connectivity index (χ2v) is 6.76. The summed E-state index contributed by atoms with van der Waals surface area (Å²) < 4.78 is 11.9. The van der Waals surface area contributed by atoms with E-state index in [4.69, 9.17) is 9.47 Å². The van der Waals surface area contributed by atoms with E-state index in [1.165, 1.54) is 10.6 Å². The lowest BCUT2D eigenvalue weighted by atomic mass is 10.1. The molecule has 0 fully saturated rings. The molecule has 2 aromatic rings. The second-order valence-electron chi connectivity index (χ2n) is 6.76. The normalized spacial score (nSPS) is 11.8. The van der Waals surface area contributed by atoms with Crippen LogP contribution >= 0.6 is 0 Å². The van der Waals surface area contributed by atoms with Crippen molar-refractivity contribution in [3.8, 4) is 11.5 Å². The average Bonchev–Trinajstić information content (AvgIpc) is 2.58. The Kier molecular flexibility index (Phi) is 5.87. The van der Waals surface area contributed by atoms with Crippen molar-refractivity contribution >= 4 is 17.7 Å². The molecule has 2 rings (SSSR count). The highest BCUT2D eigenvalue weighted by Crippen LogP contribution is 2.28. The molecular weight excluding hydrogens is 332 g/mol. The van der Waals surface area contributed by atoms with Crippen molar-refractivity contribution in [1.29, 1.82) is 0 Å². The molecule has 1 heterocycles. The number of nitrogens with one attached hydrogen (secondary N) is 1. The number of carbonyl (C=O) groups excluding carboxylic acids is 1. The summed E-state index contributed by atoms with van der Waals surface area (Å²) in [4.78, 5) is 25.0. The molecule has 138 valence electrons. The predicted octanol–water partition coefficient (Wildman–Crippen LogP) is 2.78. The molecule has 0 radical (unpaired) electrons. The summed E-state index contributed by atoms with van der Waals surface area (Å²) >= 11 is 0. The molecule has 0 spiro atoms. The van der Waals surface area contributed by atoms with Crippen LogP contribution in [0.5, 0.6) is 11.5 Å². The minimum atomic E-state index is -0.438. The number of aromatic nitrogens is 1. The Bertz CT molecular complexity index is 876. The average molecular weight is 356 g/mol. The number of carbonyl (C=O) groups is 1. The molecule has 1 aromatic heterocycles. The summed E-state index contributed by atoms with van der Waals surface area (Å²) in [6.07, 6.45) is 3.21. The largest absolute Gasteiger partial charge is 0.493 e. The van der Waals surface area contributed by atoms with E-state index < -0.39 is 5.54 Å². The second kappa shape index (κ2) is 7.91. The summed E-state index contributed by atoms with van der Waals surface area (Å²) in [5.74, 6) is 0.778. The molecule has 0 aliphatic carbocycles. The fourth-order valence-corrected chi connectivity index (χ4v) is 2.38. The van der Waals surface area contributed by atoms with Crippen LogP contribution in [0.2, 0.25) is 0 Å². The highest BCUT2D eigenvalue weighted by atomic mass is 16.5. The zero-order valence-corrected chi connectivity index (χ0v) is 15.7. The third kappa shape index (κ3) is 4.75. The van der Waals surface area contributed by atoms with Gasteiger partial charge in [0.15, 0.2) is 11.5 Å². The Morgan fingerprint density at radius 1 is 1.08 bits per heavy atom. The molecule has 26 heavy (non-hydrogen) atoms. The Balaban J connectivity index is 2.57. The summed E-state index contributed by atoms with van der Waals surface area (Å²) in [6, 6.07) is 10.0. The molecule has 1 N–H and O–H groups in total. The first-order valence-electron chi connectivity index (χ1n) is 8.19. The van der Waals surface area contributed by atoms with Crippen LogP contribution in [-0.2, 0) is 4.79 Å². The van der Waals surface area contributed by atoms with E-state index in [1.54, 1.807) is 56.8 Å². The Labute approximate surface area is 153 Å². The van der Waals surface area contributed by atoms with E-state index in [0.717, 1.165) is 0 Å². The quantitative estimate of drug-likeness (QED) is 0.837. The Morgan fingerprint density at radius 2 is 1.77 bits per heavy atom. The van der Waals surface area contributed by atoms with Crippen molar-refractivity contribution in [1.82, 2.24) is 9.88 Å². The summed E-state index contributed by atoms with van der Waals surface area (Å²) in [5.41, 5.74) is 0.199. The molecule has 0 bridgehead atoms. The monoisotopic (exact) mass is 356 g/mol. The van der Waals surface area contributed by atoms with Gasteiger partial charge in [0.05, 0.1) is 14.2 Å². The van der Waals surface area contributed by atoms with Gasteiger partial charge in [-0.05, 0) is 50.6 Å². The molecule has 1 amide bonds. The third-order valence-corrected chi connectivity index (χ3v) is 3.51. The lowest BCUT2D eigenvalue weighted by Crippen LogP contribution is -2.42. The fourth-order valence-electron chi connectivity index (χ4n) is 2.38. The fraction of sp³-hybridized carbons (Fsp3) is 0.300. The minimum Gasteiger partial charge on any atom is -0.493 e. The lowest BCUT2D eigenvalue weighted by molar-refractivity contribution is -0.117. The van der Waals surface area contributed by atoms with Gasteiger partial charge in [0, 0.05) is 17.8 Å². The topological polar surface area (TPSA) is 69.6 Å². The number of ether oxygens (including phenoxy) is 2. The molecule has 6 nitrogen and oxygen atoms in total. The number of hydrogen-bond donors (Lipinski definition) is 1. The van der Waals surface area contributed by atoms with Crippen LogP contribution in [0, 0.1) is 0 Å². The lowest BCUT2D eigenvalue weighted by Gasteiger charge is -2.22. The van der Waals surface area contributed by atoms with Crippen LogP contribution in [0.3, 0.4) is 0 Å². The Morgan fingerprint density at radius 3 is 2.35 bits per heavy atom. The smallest absolute Gasteiger partial charge is 0.268 e. The number of benzene rings is 1. The van der Waals surface area contributed by atoms with E-state index >= 15 is 0 Å². The van der Waals surface area contributed by atoms with Gasteiger partial charge in [-0.2, -0.15) is 0 Å². The van der Waals surface area contributed by atoms with Crippen molar-refractivity contribution in [3.63, 3.8) is 0 Å². The Hall–Kier alpha value is -3.02. The zero-order valence-electron chi connectivity index (χ0n) is 15.7. The van der Waals surface area contributed by atoms with Gasteiger partial charge >= 0.3 is 0 Å². The highest BCUT2D eigenvalue weighted by Gasteiger charge is 2.19. The third-order valence-electron chi connectivity index (χ3n) is 3.51. The molecule has 0 saturated heterocycles. The summed E-state index contributed by atoms with van der Waals surface area (Å²) in [5, 5.41) is 2.89. The van der Waals surface area contributed by atoms with Crippen molar-refractivity contribution in [2.45, 2.75) is 26.3 Å². The maximum absolute atomic E-state index is 12.8. The molecule has 1 aromatic carbocycles. The van der Waals surface area contributed by atoms with E-state index in [-0.39, 0.29) is 17.2 Å². The van der Waals surface area contributed by atoms with Crippen molar-refractivity contribution in [2.24, 2.45) is 0 Å². The number of methoxy groups -OCH3 is 2. The van der Waals surface area contributed by atoms with Crippen LogP contribution in [0.15, 0.2) is 47.4 Å². The van der Waals surface area contributed by atoms with Gasteiger partial charge in [-0.3, -0.25) is 14.2 Å². The van der Waals surface area contributed by atoms with Crippen molar-refractivity contribution in [2.75, 3.05) is 14.2 Å². The minimum absolute atomic E-state index is 0.220. The van der Waals surface area contributed by atoms with E-state index in [9.17, 15) is 9.59 Å². The van der Waals surface area contributed by atoms with Crippen LogP contribution in [0.1, 0.15) is 26.3 Å². The number of amides is 1. The SMILES string of the molecule is COc1ccc(/C=C(\C(=O)NC(C)(C)C)n2ccccc2=O)cc1OC. The molecule has 6 heteroatoms. The van der Waals surface area contributed by atoms with E-state index in [0.29, 0.717) is 17.1 Å². The van der Waals surface area contributed by atoms with Gasteiger partial charge in [0.25, 0.3) is 11.5 Å². The molecule has 0 aliphatic heterocycles. The number of hydrogen-bond acceptors (Lipinski definition) is 4. The van der Waals surface area contributed by atoms with Crippen LogP contribution in [0.4, 0.5) is 0 Å². The van der Waals surface area contributed by atoms with Gasteiger partial charge in [-0.1, -0.05) is 12.1 Å². The van der Waals surface area contributed by atoms with Crippen molar-refractivity contribution < 1.29 is 14.3 Å². The number of pyridine rings is 1. The first-order chi connectivity index (χ1) is 12.2.